The third kappa shape index (κ3) is 7.35. The van der Waals surface area contributed by atoms with Gasteiger partial charge < -0.3 is 36.8 Å². The molecule has 13 heteroatoms. The number of nitrogens with zero attached hydrogens (tertiary/aromatic N) is 1. The topological polar surface area (TPSA) is 195 Å². The molecule has 3 amide bonds. The minimum Gasteiger partial charge on any atom is -0.480 e. The zero-order valence-electron chi connectivity index (χ0n) is 21.1. The average molecular weight is 544 g/mol. The third-order valence-corrected chi connectivity index (χ3v) is 6.47. The Morgan fingerprint density at radius 3 is 2.34 bits per heavy atom. The van der Waals surface area contributed by atoms with Crippen LogP contribution >= 0.6 is 12.6 Å². The van der Waals surface area contributed by atoms with Crippen molar-refractivity contribution in [2.75, 3.05) is 5.75 Å². The molecule has 0 saturated heterocycles. The Bertz CT molecular complexity index is 1260. The number of para-hydroxylation sites is 1. The van der Waals surface area contributed by atoms with Gasteiger partial charge in [-0.3, -0.25) is 14.4 Å². The lowest BCUT2D eigenvalue weighted by molar-refractivity contribution is -0.142. The molecule has 204 valence electrons. The highest BCUT2D eigenvalue weighted by molar-refractivity contribution is 7.80. The van der Waals surface area contributed by atoms with Crippen molar-refractivity contribution >= 4 is 47.2 Å². The zero-order chi connectivity index (χ0) is 27.8. The molecule has 3 aromatic rings. The average Bonchev–Trinajstić information content (AvgIpc) is 3.54. The first-order valence-corrected chi connectivity index (χ1v) is 12.8. The van der Waals surface area contributed by atoms with Crippen LogP contribution in [-0.2, 0) is 32.0 Å². The lowest BCUT2D eigenvalue weighted by atomic mass is 10.0. The number of carboxylic acids is 1. The van der Waals surface area contributed by atoms with Crippen LogP contribution in [0, 0.1) is 5.92 Å². The molecule has 0 saturated carbocycles. The standard InChI is InChI=1S/C25H33N7O5S/c1-13(2)21(32-23(34)20(11-38)31-22(33)17(26)8-15-10-27-12-29-15)24(35)30-19(25(36)37)7-14-9-28-18-6-4-3-5-16(14)18/h3-6,9-10,12-13,17,19-21,28,38H,7-8,11,26H2,1-2H3,(H,27,29)(H,30,35)(H,31,33)(H,32,34)(H,36,37). The van der Waals surface area contributed by atoms with E-state index < -0.39 is 47.9 Å². The van der Waals surface area contributed by atoms with E-state index in [9.17, 15) is 24.3 Å². The molecule has 3 rings (SSSR count). The van der Waals surface area contributed by atoms with Crippen LogP contribution in [0.1, 0.15) is 25.1 Å². The highest BCUT2D eigenvalue weighted by atomic mass is 32.1. The van der Waals surface area contributed by atoms with Crippen LogP contribution in [-0.4, -0.2) is 73.7 Å². The van der Waals surface area contributed by atoms with Gasteiger partial charge in [-0.25, -0.2) is 9.78 Å². The molecule has 2 aromatic heterocycles. The molecule has 0 aliphatic rings. The number of amides is 3. The molecule has 4 unspecified atom stereocenters. The van der Waals surface area contributed by atoms with Gasteiger partial charge in [0, 0.05) is 47.6 Å². The van der Waals surface area contributed by atoms with Gasteiger partial charge in [0.25, 0.3) is 0 Å². The van der Waals surface area contributed by atoms with Crippen molar-refractivity contribution in [2.24, 2.45) is 11.7 Å². The Kier molecular flexibility index (Phi) is 9.91. The summed E-state index contributed by atoms with van der Waals surface area (Å²) in [5, 5.41) is 18.4. The van der Waals surface area contributed by atoms with Crippen LogP contribution < -0.4 is 21.7 Å². The van der Waals surface area contributed by atoms with Gasteiger partial charge in [-0.2, -0.15) is 12.6 Å². The minimum atomic E-state index is -1.22. The van der Waals surface area contributed by atoms with Crippen LogP contribution in [0.5, 0.6) is 0 Å². The number of hydrogen-bond donors (Lipinski definition) is 8. The van der Waals surface area contributed by atoms with Crippen molar-refractivity contribution in [3.8, 4) is 0 Å². The van der Waals surface area contributed by atoms with Gasteiger partial charge in [-0.1, -0.05) is 32.0 Å². The number of carbonyl (C=O) groups is 4. The molecule has 2 heterocycles. The number of imidazole rings is 1. The highest BCUT2D eigenvalue weighted by Gasteiger charge is 2.32. The maximum Gasteiger partial charge on any atom is 0.326 e. The first-order valence-electron chi connectivity index (χ1n) is 12.1. The van der Waals surface area contributed by atoms with Crippen molar-refractivity contribution in [1.82, 2.24) is 30.9 Å². The molecular weight excluding hydrogens is 510 g/mol. The molecule has 38 heavy (non-hydrogen) atoms. The Morgan fingerprint density at radius 2 is 1.71 bits per heavy atom. The second kappa shape index (κ2) is 13.1. The van der Waals surface area contributed by atoms with E-state index in [0.717, 1.165) is 16.5 Å². The Balaban J connectivity index is 1.64. The number of carbonyl (C=O) groups excluding carboxylic acids is 3. The van der Waals surface area contributed by atoms with Crippen molar-refractivity contribution in [3.05, 3.63) is 54.2 Å². The number of aliphatic carboxylic acids is 1. The predicted molar refractivity (Wildman–Crippen MR) is 144 cm³/mol. The van der Waals surface area contributed by atoms with Crippen LogP contribution in [0.15, 0.2) is 43.0 Å². The summed E-state index contributed by atoms with van der Waals surface area (Å²) in [6.07, 6.45) is 4.97. The van der Waals surface area contributed by atoms with Crippen molar-refractivity contribution in [2.45, 2.75) is 50.9 Å². The quantitative estimate of drug-likeness (QED) is 0.140. The molecule has 1 aromatic carbocycles. The van der Waals surface area contributed by atoms with Gasteiger partial charge >= 0.3 is 5.97 Å². The summed E-state index contributed by atoms with van der Waals surface area (Å²) in [5.74, 6) is -3.48. The summed E-state index contributed by atoms with van der Waals surface area (Å²) in [6.45, 7) is 3.43. The highest BCUT2D eigenvalue weighted by Crippen LogP contribution is 2.19. The fourth-order valence-electron chi connectivity index (χ4n) is 3.97. The van der Waals surface area contributed by atoms with E-state index >= 15 is 0 Å². The van der Waals surface area contributed by atoms with E-state index in [1.807, 2.05) is 24.3 Å². The van der Waals surface area contributed by atoms with E-state index in [1.54, 1.807) is 26.2 Å². The van der Waals surface area contributed by atoms with Gasteiger partial charge in [0.05, 0.1) is 12.4 Å². The van der Waals surface area contributed by atoms with Crippen LogP contribution in [0.25, 0.3) is 10.9 Å². The fraction of sp³-hybridized carbons (Fsp3) is 0.400. The summed E-state index contributed by atoms with van der Waals surface area (Å²) in [6, 6.07) is 3.18. The van der Waals surface area contributed by atoms with E-state index in [0.29, 0.717) is 5.69 Å². The molecule has 8 N–H and O–H groups in total. The molecule has 4 atom stereocenters. The monoisotopic (exact) mass is 543 g/mol. The maximum absolute atomic E-state index is 13.1. The predicted octanol–water partition coefficient (Wildman–Crippen LogP) is 0.128. The number of nitrogens with two attached hydrogens (primary N) is 1. The minimum absolute atomic E-state index is 0.0426. The number of hydrogen-bond acceptors (Lipinski definition) is 7. The molecule has 0 aliphatic heterocycles. The number of aromatic nitrogens is 3. The summed E-state index contributed by atoms with van der Waals surface area (Å²) in [4.78, 5) is 60.4. The van der Waals surface area contributed by atoms with Gasteiger partial charge in [0.15, 0.2) is 0 Å². The second-order valence-electron chi connectivity index (χ2n) is 9.32. The lowest BCUT2D eigenvalue weighted by Gasteiger charge is -2.26. The number of carboxylic acid groups (broad SMARTS) is 1. The van der Waals surface area contributed by atoms with Gasteiger partial charge in [-0.15, -0.1) is 0 Å². The molecule has 0 radical (unpaired) electrons. The van der Waals surface area contributed by atoms with E-state index in [1.165, 1.54) is 6.33 Å². The molecule has 0 bridgehead atoms. The maximum atomic E-state index is 13.1. The SMILES string of the molecule is CC(C)C(NC(=O)C(CS)NC(=O)C(N)Cc1cnc[nH]1)C(=O)NC(Cc1c[nH]c2ccccc12)C(=O)O. The zero-order valence-corrected chi connectivity index (χ0v) is 22.0. The van der Waals surface area contributed by atoms with E-state index in [2.05, 4.69) is 43.5 Å². The first-order chi connectivity index (χ1) is 18.1. The molecule has 12 nitrogen and oxygen atoms in total. The number of nitrogens with one attached hydrogen (secondary N) is 5. The lowest BCUT2D eigenvalue weighted by Crippen LogP contribution is -2.59. The summed E-state index contributed by atoms with van der Waals surface area (Å²) in [5.41, 5.74) is 8.20. The smallest absolute Gasteiger partial charge is 0.326 e. The van der Waals surface area contributed by atoms with Crippen LogP contribution in [0.3, 0.4) is 0 Å². The first kappa shape index (κ1) is 28.7. The molecule has 0 spiro atoms. The van der Waals surface area contributed by atoms with Crippen LogP contribution in [0.4, 0.5) is 0 Å². The number of thiol groups is 1. The summed E-state index contributed by atoms with van der Waals surface area (Å²) in [7, 11) is 0. The second-order valence-corrected chi connectivity index (χ2v) is 9.69. The largest absolute Gasteiger partial charge is 0.480 e. The van der Waals surface area contributed by atoms with Crippen LogP contribution in [0.2, 0.25) is 0 Å². The number of benzene rings is 1. The molecule has 0 aliphatic carbocycles. The Morgan fingerprint density at radius 1 is 1.00 bits per heavy atom. The van der Waals surface area contributed by atoms with Crippen molar-refractivity contribution < 1.29 is 24.3 Å². The molecular formula is C25H33N7O5S. The van der Waals surface area contributed by atoms with Gasteiger partial charge in [-0.05, 0) is 17.5 Å². The Hall–Kier alpha value is -3.84. The number of rotatable bonds is 13. The van der Waals surface area contributed by atoms with Crippen molar-refractivity contribution in [1.29, 1.82) is 0 Å². The van der Waals surface area contributed by atoms with Gasteiger partial charge in [0.2, 0.25) is 17.7 Å². The summed E-state index contributed by atoms with van der Waals surface area (Å²) >= 11 is 4.16. The van der Waals surface area contributed by atoms with E-state index in [4.69, 9.17) is 5.73 Å². The normalized spacial score (nSPS) is 14.4. The Labute approximate surface area is 225 Å². The van der Waals surface area contributed by atoms with Gasteiger partial charge in [0.1, 0.15) is 18.1 Å². The third-order valence-electron chi connectivity index (χ3n) is 6.11. The van der Waals surface area contributed by atoms with E-state index in [-0.39, 0.29) is 24.5 Å². The fourth-order valence-corrected chi connectivity index (χ4v) is 4.23. The number of fused-ring (bicyclic) bond motifs is 1. The molecule has 0 fully saturated rings. The summed E-state index contributed by atoms with van der Waals surface area (Å²) < 4.78 is 0. The number of aromatic amines is 2. The number of H-pyrrole nitrogens is 2. The van der Waals surface area contributed by atoms with Crippen molar-refractivity contribution in [3.63, 3.8) is 0 Å².